The SMILES string of the molecule is Fc1c(F)c(F)c2c([c-]c(F)c3c(F)c(F)c(F)c(F)c32)c1F.[Br-].[Mg+2]. The Balaban J connectivity index is 0.00000156. The molecule has 128 valence electrons. The topological polar surface area (TPSA) is 0 Å². The number of halogens is 10. The van der Waals surface area contributed by atoms with E-state index < -0.39 is 73.9 Å². The third-order valence-electron chi connectivity index (χ3n) is 3.24. The minimum atomic E-state index is -2.45. The molecule has 25 heavy (non-hydrogen) atoms. The van der Waals surface area contributed by atoms with Crippen LogP contribution in [0.3, 0.4) is 0 Å². The van der Waals surface area contributed by atoms with Gasteiger partial charge in [-0.1, -0.05) is 10.8 Å². The molecule has 3 rings (SSSR count). The normalized spacial score (nSPS) is 10.8. The first-order valence-electron chi connectivity index (χ1n) is 5.70. The number of hydrogen-bond acceptors (Lipinski definition) is 0. The molecular formula is C14BrF9Mg. The molecule has 0 saturated carbocycles. The molecule has 11 heteroatoms. The zero-order chi connectivity index (χ0) is 17.2. The summed E-state index contributed by atoms with van der Waals surface area (Å²) in [6.07, 6.45) is 0. The van der Waals surface area contributed by atoms with E-state index in [9.17, 15) is 39.5 Å². The number of benzene rings is 3. The molecule has 0 heterocycles. The predicted molar refractivity (Wildman–Crippen MR) is 65.7 cm³/mol. The number of hydrogen-bond donors (Lipinski definition) is 0. The maximum Gasteiger partial charge on any atom is 2.00 e. The molecule has 0 spiro atoms. The van der Waals surface area contributed by atoms with E-state index >= 15 is 0 Å². The maximum atomic E-state index is 13.8. The minimum absolute atomic E-state index is 0. The molecule has 0 N–H and O–H groups in total. The maximum absolute atomic E-state index is 13.8. The summed E-state index contributed by atoms with van der Waals surface area (Å²) < 4.78 is 121. The van der Waals surface area contributed by atoms with Gasteiger partial charge in [0.1, 0.15) is 11.6 Å². The molecule has 0 bridgehead atoms. The summed E-state index contributed by atoms with van der Waals surface area (Å²) in [4.78, 5) is 0. The predicted octanol–water partition coefficient (Wildman–Crippen LogP) is 1.67. The second kappa shape index (κ2) is 7.20. The summed E-state index contributed by atoms with van der Waals surface area (Å²) in [7, 11) is 0. The zero-order valence-corrected chi connectivity index (χ0v) is 14.5. The first-order chi connectivity index (χ1) is 10.7. The van der Waals surface area contributed by atoms with Crippen LogP contribution in [0.25, 0.3) is 21.5 Å². The van der Waals surface area contributed by atoms with Crippen molar-refractivity contribution < 1.29 is 56.5 Å². The molecule has 0 aliphatic rings. The van der Waals surface area contributed by atoms with Gasteiger partial charge in [-0.2, -0.15) is 0 Å². The first kappa shape index (κ1) is 21.8. The van der Waals surface area contributed by atoms with E-state index in [-0.39, 0.29) is 40.0 Å². The van der Waals surface area contributed by atoms with Gasteiger partial charge < -0.3 is 17.0 Å². The van der Waals surface area contributed by atoms with Gasteiger partial charge in [-0.3, -0.25) is 4.39 Å². The van der Waals surface area contributed by atoms with Crippen LogP contribution in [0.2, 0.25) is 0 Å². The van der Waals surface area contributed by atoms with Crippen molar-refractivity contribution in [1.82, 2.24) is 0 Å². The van der Waals surface area contributed by atoms with E-state index in [0.717, 1.165) is 0 Å². The van der Waals surface area contributed by atoms with Gasteiger partial charge in [-0.25, -0.2) is 35.1 Å². The Morgan fingerprint density at radius 1 is 0.440 bits per heavy atom. The Morgan fingerprint density at radius 2 is 0.800 bits per heavy atom. The Hall–Kier alpha value is -1.20. The van der Waals surface area contributed by atoms with Crippen molar-refractivity contribution in [3.05, 3.63) is 58.4 Å². The fourth-order valence-corrected chi connectivity index (χ4v) is 2.23. The van der Waals surface area contributed by atoms with Gasteiger partial charge in [0.15, 0.2) is 29.1 Å². The van der Waals surface area contributed by atoms with Crippen molar-refractivity contribution in [2.45, 2.75) is 0 Å². The summed E-state index contributed by atoms with van der Waals surface area (Å²) in [5.41, 5.74) is 0. The largest absolute Gasteiger partial charge is 2.00 e. The third kappa shape index (κ3) is 2.85. The van der Waals surface area contributed by atoms with Gasteiger partial charge >= 0.3 is 23.1 Å². The van der Waals surface area contributed by atoms with Gasteiger partial charge in [0.25, 0.3) is 0 Å². The zero-order valence-electron chi connectivity index (χ0n) is 11.5. The van der Waals surface area contributed by atoms with Crippen LogP contribution in [0.1, 0.15) is 0 Å². The Bertz CT molecular complexity index is 1020. The van der Waals surface area contributed by atoms with Gasteiger partial charge in [0, 0.05) is 0 Å². The molecule has 0 unspecified atom stereocenters. The summed E-state index contributed by atoms with van der Waals surface area (Å²) in [5, 5.41) is -6.15. The molecule has 0 aromatic heterocycles. The fourth-order valence-electron chi connectivity index (χ4n) is 2.23. The third-order valence-corrected chi connectivity index (χ3v) is 3.24. The molecule has 0 amide bonds. The van der Waals surface area contributed by atoms with Crippen molar-refractivity contribution in [2.75, 3.05) is 0 Å². The summed E-state index contributed by atoms with van der Waals surface area (Å²) in [6.45, 7) is 0. The van der Waals surface area contributed by atoms with Gasteiger partial charge in [-0.15, -0.1) is 6.07 Å². The molecule has 0 saturated heterocycles. The van der Waals surface area contributed by atoms with Crippen LogP contribution >= 0.6 is 0 Å². The molecule has 0 fully saturated rings. The first-order valence-corrected chi connectivity index (χ1v) is 5.70. The molecule has 0 radical (unpaired) electrons. The molecular weight excluding hydrogens is 443 g/mol. The van der Waals surface area contributed by atoms with Crippen molar-refractivity contribution in [1.29, 1.82) is 0 Å². The van der Waals surface area contributed by atoms with Crippen LogP contribution in [-0.4, -0.2) is 23.1 Å². The van der Waals surface area contributed by atoms with E-state index in [0.29, 0.717) is 0 Å². The van der Waals surface area contributed by atoms with E-state index in [4.69, 9.17) is 0 Å². The van der Waals surface area contributed by atoms with Crippen molar-refractivity contribution >= 4 is 44.6 Å². The average Bonchev–Trinajstić information content (AvgIpc) is 2.53. The monoisotopic (exact) mass is 442 g/mol. The van der Waals surface area contributed by atoms with Crippen LogP contribution in [0.15, 0.2) is 0 Å². The van der Waals surface area contributed by atoms with E-state index in [1.54, 1.807) is 0 Å². The molecule has 0 nitrogen and oxygen atoms in total. The standard InChI is InChI=1S/C14F9.BrH.Mg/c15-3-1-2-4(8(17)12(21)11(20)7(2)16)6-5(3)9(18)13(22)14(23)10(6)19;;/h;1H;/q-1;;+2/p-1. The molecule has 0 aliphatic carbocycles. The summed E-state index contributed by atoms with van der Waals surface area (Å²) in [5.74, 6) is -20.5. The molecule has 0 atom stereocenters. The van der Waals surface area contributed by atoms with E-state index in [1.807, 2.05) is 0 Å². The van der Waals surface area contributed by atoms with Crippen LogP contribution < -0.4 is 17.0 Å². The van der Waals surface area contributed by atoms with Crippen LogP contribution in [0.5, 0.6) is 0 Å². The second-order valence-corrected chi connectivity index (χ2v) is 4.45. The Morgan fingerprint density at radius 3 is 1.28 bits per heavy atom. The van der Waals surface area contributed by atoms with Gasteiger partial charge in [0.05, 0.1) is 11.6 Å². The van der Waals surface area contributed by atoms with Crippen LogP contribution in [0.4, 0.5) is 39.5 Å². The molecule has 3 aromatic rings. The molecule has 0 aliphatic heterocycles. The number of fused-ring (bicyclic) bond motifs is 3. The Kier molecular flexibility index (Phi) is 6.29. The Labute approximate surface area is 159 Å². The van der Waals surface area contributed by atoms with Crippen molar-refractivity contribution in [2.24, 2.45) is 0 Å². The quantitative estimate of drug-likeness (QED) is 0.124. The summed E-state index contributed by atoms with van der Waals surface area (Å²) in [6, 6.07) is 1.34. The number of rotatable bonds is 0. The van der Waals surface area contributed by atoms with Crippen molar-refractivity contribution in [3.8, 4) is 0 Å². The second-order valence-electron chi connectivity index (χ2n) is 4.45. The van der Waals surface area contributed by atoms with Crippen LogP contribution in [0, 0.1) is 58.4 Å². The molecule has 3 aromatic carbocycles. The van der Waals surface area contributed by atoms with E-state index in [1.165, 1.54) is 6.07 Å². The van der Waals surface area contributed by atoms with Gasteiger partial charge in [0.2, 0.25) is 0 Å². The average molecular weight is 443 g/mol. The van der Waals surface area contributed by atoms with Crippen LogP contribution in [-0.2, 0) is 0 Å². The smallest absolute Gasteiger partial charge is 1.00 e. The summed E-state index contributed by atoms with van der Waals surface area (Å²) >= 11 is 0. The minimum Gasteiger partial charge on any atom is -1.00 e. The van der Waals surface area contributed by atoms with Crippen molar-refractivity contribution in [3.63, 3.8) is 0 Å². The fraction of sp³-hybridized carbons (Fsp3) is 0. The van der Waals surface area contributed by atoms with Gasteiger partial charge in [-0.05, 0) is 10.8 Å². The van der Waals surface area contributed by atoms with E-state index in [2.05, 4.69) is 0 Å².